The Morgan fingerprint density at radius 3 is 2.44 bits per heavy atom. The SMILES string of the molecule is CCOC(=O)CN(Cc1ccc(/C=C/C(=O)OC)cc1[N+](=O)[O-])C(=O)c1ccc(Cl)cc1. The van der Waals surface area contributed by atoms with Gasteiger partial charge in [-0.3, -0.25) is 19.7 Å². The number of ether oxygens (including phenoxy) is 2. The van der Waals surface area contributed by atoms with Crippen LogP contribution in [-0.4, -0.2) is 47.9 Å². The molecule has 10 heteroatoms. The molecule has 0 radical (unpaired) electrons. The van der Waals surface area contributed by atoms with Crippen LogP contribution in [0.1, 0.15) is 28.4 Å². The minimum Gasteiger partial charge on any atom is -0.466 e. The minimum absolute atomic E-state index is 0.128. The van der Waals surface area contributed by atoms with Gasteiger partial charge in [-0.15, -0.1) is 0 Å². The maximum Gasteiger partial charge on any atom is 0.330 e. The molecule has 0 atom stereocenters. The molecule has 0 unspecified atom stereocenters. The maximum atomic E-state index is 13.0. The van der Waals surface area contributed by atoms with Crippen LogP contribution in [0.3, 0.4) is 0 Å². The van der Waals surface area contributed by atoms with Crippen molar-refractivity contribution in [2.24, 2.45) is 0 Å². The van der Waals surface area contributed by atoms with E-state index in [4.69, 9.17) is 16.3 Å². The van der Waals surface area contributed by atoms with Gasteiger partial charge in [0.05, 0.1) is 25.2 Å². The number of carbonyl (C=O) groups is 3. The Labute approximate surface area is 189 Å². The quantitative estimate of drug-likeness (QED) is 0.243. The Bertz CT molecular complexity index is 1040. The first kappa shape index (κ1) is 24.5. The minimum atomic E-state index is -0.643. The Morgan fingerprint density at radius 2 is 1.84 bits per heavy atom. The van der Waals surface area contributed by atoms with Crippen molar-refractivity contribution in [3.05, 3.63) is 80.4 Å². The zero-order chi connectivity index (χ0) is 23.7. The number of halogens is 1. The lowest BCUT2D eigenvalue weighted by Crippen LogP contribution is -2.36. The Morgan fingerprint density at radius 1 is 1.16 bits per heavy atom. The lowest BCUT2D eigenvalue weighted by molar-refractivity contribution is -0.385. The second kappa shape index (κ2) is 11.6. The molecule has 0 aliphatic carbocycles. The predicted octanol–water partition coefficient (Wildman–Crippen LogP) is 3.64. The fourth-order valence-electron chi connectivity index (χ4n) is 2.76. The normalized spacial score (nSPS) is 10.6. The standard InChI is InChI=1S/C22H21ClN2O7/c1-3-32-21(27)14-24(22(28)16-7-9-18(23)10-8-16)13-17-6-4-15(5-11-20(26)31-2)12-19(17)25(29)30/h4-12H,3,13-14H2,1-2H3/b11-5+. The molecule has 0 aliphatic heterocycles. The molecular formula is C22H21ClN2O7. The Hall–Kier alpha value is -3.72. The molecule has 0 N–H and O–H groups in total. The topological polar surface area (TPSA) is 116 Å². The molecule has 0 bridgehead atoms. The highest BCUT2D eigenvalue weighted by Gasteiger charge is 2.24. The van der Waals surface area contributed by atoms with Gasteiger partial charge in [-0.2, -0.15) is 0 Å². The number of esters is 2. The summed E-state index contributed by atoms with van der Waals surface area (Å²) in [6.07, 6.45) is 2.51. The van der Waals surface area contributed by atoms with Crippen LogP contribution in [0.2, 0.25) is 5.02 Å². The van der Waals surface area contributed by atoms with Crippen molar-refractivity contribution in [1.29, 1.82) is 0 Å². The molecule has 0 heterocycles. The summed E-state index contributed by atoms with van der Waals surface area (Å²) in [6.45, 7) is 1.16. The van der Waals surface area contributed by atoms with Crippen molar-refractivity contribution >= 4 is 41.2 Å². The largest absolute Gasteiger partial charge is 0.466 e. The highest BCUT2D eigenvalue weighted by Crippen LogP contribution is 2.24. The zero-order valence-electron chi connectivity index (χ0n) is 17.4. The van der Waals surface area contributed by atoms with Crippen LogP contribution >= 0.6 is 11.6 Å². The average molecular weight is 461 g/mol. The zero-order valence-corrected chi connectivity index (χ0v) is 18.2. The smallest absolute Gasteiger partial charge is 0.330 e. The molecule has 0 saturated carbocycles. The summed E-state index contributed by atoms with van der Waals surface area (Å²) in [7, 11) is 1.22. The van der Waals surface area contributed by atoms with E-state index >= 15 is 0 Å². The van der Waals surface area contributed by atoms with E-state index in [0.29, 0.717) is 10.6 Å². The van der Waals surface area contributed by atoms with Gasteiger partial charge >= 0.3 is 11.9 Å². The molecule has 2 aromatic carbocycles. The summed E-state index contributed by atoms with van der Waals surface area (Å²) in [5, 5.41) is 12.1. The fourth-order valence-corrected chi connectivity index (χ4v) is 2.89. The van der Waals surface area contributed by atoms with E-state index in [0.717, 1.165) is 11.0 Å². The molecule has 32 heavy (non-hydrogen) atoms. The van der Waals surface area contributed by atoms with Crippen LogP contribution in [0, 0.1) is 10.1 Å². The first-order valence-corrected chi connectivity index (χ1v) is 9.86. The molecule has 0 aromatic heterocycles. The molecule has 0 saturated heterocycles. The molecule has 0 aliphatic rings. The van der Waals surface area contributed by atoms with Crippen LogP contribution in [0.15, 0.2) is 48.5 Å². The molecule has 0 fully saturated rings. The van der Waals surface area contributed by atoms with E-state index < -0.39 is 29.3 Å². The van der Waals surface area contributed by atoms with Crippen LogP contribution in [-0.2, 0) is 25.6 Å². The van der Waals surface area contributed by atoms with Crippen molar-refractivity contribution in [1.82, 2.24) is 4.90 Å². The average Bonchev–Trinajstić information content (AvgIpc) is 2.77. The van der Waals surface area contributed by atoms with Gasteiger partial charge in [-0.05, 0) is 48.9 Å². The fraction of sp³-hybridized carbons (Fsp3) is 0.227. The first-order valence-electron chi connectivity index (χ1n) is 9.49. The third-order valence-corrected chi connectivity index (χ3v) is 4.54. The summed E-state index contributed by atoms with van der Waals surface area (Å²) in [6, 6.07) is 10.3. The second-order valence-electron chi connectivity index (χ2n) is 6.47. The third kappa shape index (κ3) is 6.92. The predicted molar refractivity (Wildman–Crippen MR) is 117 cm³/mol. The van der Waals surface area contributed by atoms with E-state index in [9.17, 15) is 24.5 Å². The second-order valence-corrected chi connectivity index (χ2v) is 6.91. The maximum absolute atomic E-state index is 13.0. The van der Waals surface area contributed by atoms with E-state index in [1.54, 1.807) is 13.0 Å². The number of nitrogens with zero attached hydrogens (tertiary/aromatic N) is 2. The summed E-state index contributed by atoms with van der Waals surface area (Å²) in [4.78, 5) is 48.5. The molecule has 168 valence electrons. The van der Waals surface area contributed by atoms with Gasteiger partial charge in [0, 0.05) is 28.3 Å². The highest BCUT2D eigenvalue weighted by molar-refractivity contribution is 6.30. The Kier molecular flexibility index (Phi) is 8.91. The molecule has 0 spiro atoms. The van der Waals surface area contributed by atoms with E-state index in [1.165, 1.54) is 49.6 Å². The van der Waals surface area contributed by atoms with Gasteiger partial charge in [0.15, 0.2) is 0 Å². The number of hydrogen-bond donors (Lipinski definition) is 0. The van der Waals surface area contributed by atoms with Crippen LogP contribution < -0.4 is 0 Å². The number of amides is 1. The molecule has 2 aromatic rings. The number of hydrogen-bond acceptors (Lipinski definition) is 7. The monoisotopic (exact) mass is 460 g/mol. The van der Waals surface area contributed by atoms with Gasteiger partial charge < -0.3 is 14.4 Å². The number of carbonyl (C=O) groups excluding carboxylic acids is 3. The molecule has 1 amide bonds. The lowest BCUT2D eigenvalue weighted by Gasteiger charge is -2.22. The summed E-state index contributed by atoms with van der Waals surface area (Å²) in [5.74, 6) is -1.76. The van der Waals surface area contributed by atoms with Crippen molar-refractivity contribution < 1.29 is 28.8 Å². The van der Waals surface area contributed by atoms with Crippen LogP contribution in [0.5, 0.6) is 0 Å². The first-order chi connectivity index (χ1) is 15.2. The van der Waals surface area contributed by atoms with Gasteiger partial charge in [0.2, 0.25) is 0 Å². The third-order valence-electron chi connectivity index (χ3n) is 4.28. The molecular weight excluding hydrogens is 440 g/mol. The number of methoxy groups -OCH3 is 1. The van der Waals surface area contributed by atoms with E-state index in [1.807, 2.05) is 0 Å². The number of rotatable bonds is 9. The van der Waals surface area contributed by atoms with Crippen molar-refractivity contribution in [2.45, 2.75) is 13.5 Å². The van der Waals surface area contributed by atoms with Gasteiger partial charge in [-0.25, -0.2) is 4.79 Å². The number of nitro benzene ring substituents is 1. The summed E-state index contributed by atoms with van der Waals surface area (Å²) >= 11 is 5.87. The van der Waals surface area contributed by atoms with Gasteiger partial charge in [0.25, 0.3) is 11.6 Å². The van der Waals surface area contributed by atoms with Crippen molar-refractivity contribution in [3.8, 4) is 0 Å². The molecule has 9 nitrogen and oxygen atoms in total. The van der Waals surface area contributed by atoms with Crippen molar-refractivity contribution in [2.75, 3.05) is 20.3 Å². The highest BCUT2D eigenvalue weighted by atomic mass is 35.5. The molecule has 2 rings (SSSR count). The van der Waals surface area contributed by atoms with Gasteiger partial charge in [0.1, 0.15) is 6.54 Å². The Balaban J connectivity index is 2.38. The summed E-state index contributed by atoms with van der Waals surface area (Å²) in [5.41, 5.74) is 0.595. The lowest BCUT2D eigenvalue weighted by atomic mass is 10.1. The number of nitro groups is 1. The van der Waals surface area contributed by atoms with Crippen molar-refractivity contribution in [3.63, 3.8) is 0 Å². The van der Waals surface area contributed by atoms with Crippen LogP contribution in [0.4, 0.5) is 5.69 Å². The summed E-state index contributed by atoms with van der Waals surface area (Å²) < 4.78 is 9.44. The number of benzene rings is 2. The van der Waals surface area contributed by atoms with E-state index in [2.05, 4.69) is 4.74 Å². The van der Waals surface area contributed by atoms with E-state index in [-0.39, 0.29) is 30.0 Å². The van der Waals surface area contributed by atoms with Crippen LogP contribution in [0.25, 0.3) is 6.08 Å². The van der Waals surface area contributed by atoms with Gasteiger partial charge in [-0.1, -0.05) is 17.7 Å².